The molecule has 2 aromatic rings. The number of rotatable bonds is 7. The van der Waals surface area contributed by atoms with Crippen LogP contribution in [0.1, 0.15) is 12.5 Å². The summed E-state index contributed by atoms with van der Waals surface area (Å²) >= 11 is 0. The molecule has 21 heavy (non-hydrogen) atoms. The van der Waals surface area contributed by atoms with E-state index < -0.39 is 4.92 Å². The molecule has 1 heterocycles. The highest BCUT2D eigenvalue weighted by Crippen LogP contribution is 2.30. The Morgan fingerprint density at radius 3 is 2.71 bits per heavy atom. The summed E-state index contributed by atoms with van der Waals surface area (Å²) in [5, 5.41) is 14.1. The Kier molecular flexibility index (Phi) is 5.09. The molecule has 1 aromatic carbocycles. The van der Waals surface area contributed by atoms with E-state index in [2.05, 4.69) is 10.3 Å². The molecule has 0 bridgehead atoms. The monoisotopic (exact) mass is 287 g/mol. The lowest BCUT2D eigenvalue weighted by molar-refractivity contribution is -0.385. The summed E-state index contributed by atoms with van der Waals surface area (Å²) in [5.74, 6) is 0.288. The number of hydrogen-bond donors (Lipinski definition) is 1. The fourth-order valence-electron chi connectivity index (χ4n) is 1.95. The van der Waals surface area contributed by atoms with Crippen molar-refractivity contribution in [2.24, 2.45) is 0 Å². The standard InChI is InChI=1S/C15H17N3O3/c1-2-21-15-11-13(3-4-14(15)18(19)20)17-10-7-12-5-8-16-9-6-12/h3-6,8-9,11,17H,2,7,10H2,1H3. The SMILES string of the molecule is CCOc1cc(NCCc2ccncc2)ccc1[N+](=O)[O-]. The Morgan fingerprint density at radius 2 is 2.05 bits per heavy atom. The van der Waals surface area contributed by atoms with Crippen molar-refractivity contribution in [3.63, 3.8) is 0 Å². The number of benzene rings is 1. The minimum atomic E-state index is -0.439. The van der Waals surface area contributed by atoms with Gasteiger partial charge >= 0.3 is 5.69 Å². The number of ether oxygens (including phenoxy) is 1. The molecule has 0 spiro atoms. The molecule has 6 nitrogen and oxygen atoms in total. The van der Waals surface area contributed by atoms with Crippen molar-refractivity contribution in [2.75, 3.05) is 18.5 Å². The Morgan fingerprint density at radius 1 is 1.29 bits per heavy atom. The molecule has 0 radical (unpaired) electrons. The smallest absolute Gasteiger partial charge is 0.311 e. The highest BCUT2D eigenvalue weighted by molar-refractivity contribution is 5.58. The topological polar surface area (TPSA) is 77.3 Å². The van der Waals surface area contributed by atoms with Gasteiger partial charge in [0.15, 0.2) is 5.75 Å². The molecule has 6 heteroatoms. The first kappa shape index (κ1) is 14.8. The largest absolute Gasteiger partial charge is 0.487 e. The molecule has 0 aliphatic heterocycles. The minimum absolute atomic E-state index is 0.0171. The van der Waals surface area contributed by atoms with Crippen LogP contribution in [0.25, 0.3) is 0 Å². The van der Waals surface area contributed by atoms with Crippen LogP contribution in [0.5, 0.6) is 5.75 Å². The van der Waals surface area contributed by atoms with E-state index in [1.165, 1.54) is 11.6 Å². The molecule has 0 aliphatic carbocycles. The Labute approximate surface area is 122 Å². The van der Waals surface area contributed by atoms with Crippen molar-refractivity contribution in [3.8, 4) is 5.75 Å². The van der Waals surface area contributed by atoms with Gasteiger partial charge in [0.25, 0.3) is 0 Å². The highest BCUT2D eigenvalue weighted by atomic mass is 16.6. The number of nitro groups is 1. The van der Waals surface area contributed by atoms with E-state index in [4.69, 9.17) is 4.74 Å². The van der Waals surface area contributed by atoms with E-state index in [0.717, 1.165) is 18.7 Å². The van der Waals surface area contributed by atoms with Crippen molar-refractivity contribution in [1.29, 1.82) is 0 Å². The van der Waals surface area contributed by atoms with E-state index in [0.29, 0.717) is 6.61 Å². The van der Waals surface area contributed by atoms with Crippen molar-refractivity contribution in [2.45, 2.75) is 13.3 Å². The summed E-state index contributed by atoms with van der Waals surface area (Å²) in [7, 11) is 0. The van der Waals surface area contributed by atoms with Crippen LogP contribution in [0.3, 0.4) is 0 Å². The van der Waals surface area contributed by atoms with E-state index in [1.807, 2.05) is 12.1 Å². The van der Waals surface area contributed by atoms with E-state index in [1.54, 1.807) is 31.5 Å². The maximum Gasteiger partial charge on any atom is 0.311 e. The summed E-state index contributed by atoms with van der Waals surface area (Å²) in [4.78, 5) is 14.4. The van der Waals surface area contributed by atoms with Crippen LogP contribution in [0.4, 0.5) is 11.4 Å². The maximum atomic E-state index is 10.9. The molecule has 0 saturated carbocycles. The quantitative estimate of drug-likeness (QED) is 0.625. The van der Waals surface area contributed by atoms with Crippen molar-refractivity contribution >= 4 is 11.4 Å². The molecule has 0 aliphatic rings. The second kappa shape index (κ2) is 7.23. The normalized spacial score (nSPS) is 10.1. The Bertz CT molecular complexity index is 602. The molecule has 2 rings (SSSR count). The maximum absolute atomic E-state index is 10.9. The molecule has 0 amide bonds. The fourth-order valence-corrected chi connectivity index (χ4v) is 1.95. The number of hydrogen-bond acceptors (Lipinski definition) is 5. The van der Waals surface area contributed by atoms with Gasteiger partial charge in [-0.1, -0.05) is 0 Å². The number of pyridine rings is 1. The van der Waals surface area contributed by atoms with E-state index in [-0.39, 0.29) is 11.4 Å². The molecular formula is C15H17N3O3. The number of aromatic nitrogens is 1. The van der Waals surface area contributed by atoms with Gasteiger partial charge in [-0.25, -0.2) is 0 Å². The van der Waals surface area contributed by atoms with Crippen LogP contribution in [0.15, 0.2) is 42.7 Å². The number of anilines is 1. The zero-order valence-corrected chi connectivity index (χ0v) is 11.8. The summed E-state index contributed by atoms with van der Waals surface area (Å²) < 4.78 is 5.31. The lowest BCUT2D eigenvalue weighted by atomic mass is 10.2. The van der Waals surface area contributed by atoms with Crippen LogP contribution >= 0.6 is 0 Å². The lowest BCUT2D eigenvalue weighted by Crippen LogP contribution is -2.06. The Balaban J connectivity index is 2.00. The lowest BCUT2D eigenvalue weighted by Gasteiger charge is -2.09. The summed E-state index contributed by atoms with van der Waals surface area (Å²) in [6, 6.07) is 8.73. The molecular weight excluding hydrogens is 270 g/mol. The first-order chi connectivity index (χ1) is 10.2. The van der Waals surface area contributed by atoms with Crippen LogP contribution < -0.4 is 10.1 Å². The van der Waals surface area contributed by atoms with Gasteiger partial charge in [0, 0.05) is 36.8 Å². The van der Waals surface area contributed by atoms with E-state index in [9.17, 15) is 10.1 Å². The molecule has 0 atom stereocenters. The van der Waals surface area contributed by atoms with Crippen LogP contribution in [-0.2, 0) is 6.42 Å². The summed E-state index contributed by atoms with van der Waals surface area (Å²) in [5.41, 5.74) is 1.97. The van der Waals surface area contributed by atoms with Crippen molar-refractivity contribution in [3.05, 3.63) is 58.4 Å². The van der Waals surface area contributed by atoms with Gasteiger partial charge < -0.3 is 10.1 Å². The minimum Gasteiger partial charge on any atom is -0.487 e. The fraction of sp³-hybridized carbons (Fsp3) is 0.267. The van der Waals surface area contributed by atoms with Gasteiger partial charge in [0.2, 0.25) is 0 Å². The van der Waals surface area contributed by atoms with Crippen LogP contribution in [0, 0.1) is 10.1 Å². The molecule has 0 unspecified atom stereocenters. The van der Waals surface area contributed by atoms with Gasteiger partial charge in [-0.3, -0.25) is 15.1 Å². The predicted octanol–water partition coefficient (Wildman–Crippen LogP) is 3.04. The third kappa shape index (κ3) is 4.17. The molecule has 0 saturated heterocycles. The van der Waals surface area contributed by atoms with Crippen molar-refractivity contribution < 1.29 is 9.66 Å². The van der Waals surface area contributed by atoms with Crippen LogP contribution in [-0.4, -0.2) is 23.1 Å². The predicted molar refractivity (Wildman–Crippen MR) is 80.7 cm³/mol. The highest BCUT2D eigenvalue weighted by Gasteiger charge is 2.15. The molecule has 0 fully saturated rings. The zero-order valence-electron chi connectivity index (χ0n) is 11.8. The second-order valence-corrected chi connectivity index (χ2v) is 4.40. The third-order valence-electron chi connectivity index (χ3n) is 2.95. The summed E-state index contributed by atoms with van der Waals surface area (Å²) in [6.07, 6.45) is 4.37. The zero-order chi connectivity index (χ0) is 15.1. The number of nitrogens with one attached hydrogen (secondary N) is 1. The van der Waals surface area contributed by atoms with Crippen LogP contribution in [0.2, 0.25) is 0 Å². The average molecular weight is 287 g/mol. The molecule has 1 aromatic heterocycles. The van der Waals surface area contributed by atoms with Gasteiger partial charge in [-0.05, 0) is 37.1 Å². The number of nitro benzene ring substituents is 1. The number of nitrogens with zero attached hydrogens (tertiary/aromatic N) is 2. The van der Waals surface area contributed by atoms with Crippen molar-refractivity contribution in [1.82, 2.24) is 4.98 Å². The average Bonchev–Trinajstić information content (AvgIpc) is 2.49. The molecule has 110 valence electrons. The summed E-state index contributed by atoms with van der Waals surface area (Å²) in [6.45, 7) is 2.92. The second-order valence-electron chi connectivity index (χ2n) is 4.40. The van der Waals surface area contributed by atoms with Gasteiger partial charge in [0.1, 0.15) is 0 Å². The first-order valence-corrected chi connectivity index (χ1v) is 6.74. The van der Waals surface area contributed by atoms with Gasteiger partial charge in [-0.15, -0.1) is 0 Å². The van der Waals surface area contributed by atoms with E-state index >= 15 is 0 Å². The first-order valence-electron chi connectivity index (χ1n) is 6.74. The Hall–Kier alpha value is -2.63. The third-order valence-corrected chi connectivity index (χ3v) is 2.95. The van der Waals surface area contributed by atoms with Gasteiger partial charge in [-0.2, -0.15) is 0 Å². The van der Waals surface area contributed by atoms with Gasteiger partial charge in [0.05, 0.1) is 11.5 Å². The molecule has 1 N–H and O–H groups in total.